The molecule has 10 nitrogen and oxygen atoms in total. The van der Waals surface area contributed by atoms with Gasteiger partial charge in [-0.05, 0) is 73.0 Å². The zero-order valence-corrected chi connectivity index (χ0v) is 26.1. The maximum Gasteiger partial charge on any atom is 0.337 e. The Morgan fingerprint density at radius 3 is 2.36 bits per heavy atom. The Morgan fingerprint density at radius 2 is 1.67 bits per heavy atom. The number of hydrogen-bond acceptors (Lipinski definition) is 10. The number of carbonyl (C=O) groups excluding carboxylic acids is 1. The molecule has 1 aliphatic heterocycles. The summed E-state index contributed by atoms with van der Waals surface area (Å²) < 4.78 is 30.1. The van der Waals surface area contributed by atoms with Crippen molar-refractivity contribution in [2.45, 2.75) is 26.5 Å². The Kier molecular flexibility index (Phi) is 9.65. The Labute approximate surface area is 263 Å². The lowest BCUT2D eigenvalue weighted by atomic mass is 9.97. The highest BCUT2D eigenvalue weighted by molar-refractivity contribution is 7.07. The molecule has 0 N–H and O–H groups in total. The molecule has 1 aliphatic rings. The molecule has 0 radical (unpaired) electrons. The summed E-state index contributed by atoms with van der Waals surface area (Å²) in [6.45, 7) is 4.91. The number of aromatic nitrogens is 1. The number of rotatable bonds is 11. The second-order valence-electron chi connectivity index (χ2n) is 9.76. The second-order valence-corrected chi connectivity index (χ2v) is 10.8. The van der Waals surface area contributed by atoms with E-state index >= 15 is 0 Å². The van der Waals surface area contributed by atoms with Crippen LogP contribution in [-0.4, -0.2) is 38.0 Å². The SMILES string of the molecule is CCOc1ccc([C@@H]2C(C(=O)OC)=CN=c3s/c(=C/c4ccc(OCc5ccc(C#N)cc5)c(OC)c4)c(=O)n32)cc1OCC. The zero-order chi connectivity index (χ0) is 31.9. The summed E-state index contributed by atoms with van der Waals surface area (Å²) in [6.07, 6.45) is 3.20. The van der Waals surface area contributed by atoms with E-state index in [1.54, 1.807) is 55.7 Å². The number of carbonyl (C=O) groups is 1. The van der Waals surface area contributed by atoms with Gasteiger partial charge in [0.05, 0.1) is 55.2 Å². The van der Waals surface area contributed by atoms with Crippen LogP contribution in [0, 0.1) is 11.3 Å². The standard InChI is InChI=1S/C34H31N3O7S/c1-5-42-27-14-12-24(17-29(27)43-6-2)31-25(33(39)41-4)19-36-34-37(31)32(38)30(45-34)16-23-11-13-26(28(15-23)40-3)44-20-22-9-7-21(18-35)8-10-22/h7-17,19,31H,5-6,20H2,1-4H3/b30-16+/t31-/m1/s1. The van der Waals surface area contributed by atoms with Crippen molar-refractivity contribution in [1.82, 2.24) is 4.57 Å². The van der Waals surface area contributed by atoms with E-state index in [-0.39, 0.29) is 11.1 Å². The van der Waals surface area contributed by atoms with Gasteiger partial charge < -0.3 is 23.7 Å². The van der Waals surface area contributed by atoms with E-state index in [1.807, 2.05) is 32.0 Å². The molecule has 45 heavy (non-hydrogen) atoms. The Bertz CT molecular complexity index is 1970. The van der Waals surface area contributed by atoms with Gasteiger partial charge in [-0.25, -0.2) is 9.79 Å². The van der Waals surface area contributed by atoms with Crippen LogP contribution in [-0.2, 0) is 16.1 Å². The van der Waals surface area contributed by atoms with E-state index in [0.717, 1.165) is 5.56 Å². The van der Waals surface area contributed by atoms with Crippen molar-refractivity contribution in [3.63, 3.8) is 0 Å². The smallest absolute Gasteiger partial charge is 0.337 e. The van der Waals surface area contributed by atoms with E-state index in [1.165, 1.54) is 29.2 Å². The van der Waals surface area contributed by atoms with Gasteiger partial charge >= 0.3 is 5.97 Å². The van der Waals surface area contributed by atoms with Crippen LogP contribution < -0.4 is 33.8 Å². The molecule has 0 bridgehead atoms. The van der Waals surface area contributed by atoms with Crippen LogP contribution in [0.1, 0.15) is 42.1 Å². The molecule has 0 unspecified atom stereocenters. The minimum atomic E-state index is -0.793. The number of nitriles is 1. The van der Waals surface area contributed by atoms with Crippen LogP contribution in [0.15, 0.2) is 82.2 Å². The minimum Gasteiger partial charge on any atom is -0.493 e. The summed E-state index contributed by atoms with van der Waals surface area (Å²) >= 11 is 1.21. The number of ether oxygens (including phenoxy) is 5. The highest BCUT2D eigenvalue weighted by Gasteiger charge is 2.31. The lowest BCUT2D eigenvalue weighted by Gasteiger charge is -2.23. The van der Waals surface area contributed by atoms with Crippen molar-refractivity contribution in [2.75, 3.05) is 27.4 Å². The summed E-state index contributed by atoms with van der Waals surface area (Å²) in [5.74, 6) is 1.51. The largest absolute Gasteiger partial charge is 0.493 e. The number of fused-ring (bicyclic) bond motifs is 1. The van der Waals surface area contributed by atoms with Crippen molar-refractivity contribution in [3.8, 4) is 29.1 Å². The lowest BCUT2D eigenvalue weighted by Crippen LogP contribution is -2.39. The summed E-state index contributed by atoms with van der Waals surface area (Å²) in [4.78, 5) is 31.7. The molecule has 0 saturated carbocycles. The Morgan fingerprint density at radius 1 is 0.956 bits per heavy atom. The molecule has 3 aromatic carbocycles. The number of benzene rings is 3. The predicted octanol–water partition coefficient (Wildman–Crippen LogP) is 4.27. The topological polar surface area (TPSA) is 121 Å². The van der Waals surface area contributed by atoms with Crippen molar-refractivity contribution in [1.29, 1.82) is 5.26 Å². The summed E-state index contributed by atoms with van der Waals surface area (Å²) in [7, 11) is 2.84. The molecule has 0 amide bonds. The van der Waals surface area contributed by atoms with E-state index in [9.17, 15) is 9.59 Å². The van der Waals surface area contributed by atoms with Gasteiger partial charge in [0.2, 0.25) is 0 Å². The van der Waals surface area contributed by atoms with E-state index in [0.29, 0.717) is 68.8 Å². The molecule has 0 aliphatic carbocycles. The summed E-state index contributed by atoms with van der Waals surface area (Å²) in [5, 5.41) is 9.01. The first-order chi connectivity index (χ1) is 21.9. The van der Waals surface area contributed by atoms with Gasteiger partial charge in [-0.3, -0.25) is 9.36 Å². The fourth-order valence-electron chi connectivity index (χ4n) is 4.87. The van der Waals surface area contributed by atoms with Crippen molar-refractivity contribution in [3.05, 3.63) is 114 Å². The Hall–Kier alpha value is -5.34. The van der Waals surface area contributed by atoms with Gasteiger partial charge in [-0.2, -0.15) is 5.26 Å². The van der Waals surface area contributed by atoms with Gasteiger partial charge in [0, 0.05) is 6.20 Å². The molecule has 2 heterocycles. The average Bonchev–Trinajstić information content (AvgIpc) is 3.38. The maximum atomic E-state index is 13.9. The third-order valence-corrected chi connectivity index (χ3v) is 7.97. The molecule has 1 aromatic heterocycles. The van der Waals surface area contributed by atoms with Crippen molar-refractivity contribution >= 4 is 23.4 Å². The fourth-order valence-corrected chi connectivity index (χ4v) is 5.84. The third-order valence-electron chi connectivity index (χ3n) is 6.97. The molecule has 5 rings (SSSR count). The first-order valence-corrected chi connectivity index (χ1v) is 15.0. The third kappa shape index (κ3) is 6.61. The van der Waals surface area contributed by atoms with Gasteiger partial charge in [0.25, 0.3) is 5.56 Å². The van der Waals surface area contributed by atoms with Crippen LogP contribution in [0.4, 0.5) is 0 Å². The highest BCUT2D eigenvalue weighted by Crippen LogP contribution is 2.35. The first kappa shape index (κ1) is 31.1. The fraction of sp³-hybridized carbons (Fsp3) is 0.235. The van der Waals surface area contributed by atoms with Crippen LogP contribution in [0.2, 0.25) is 0 Å². The predicted molar refractivity (Wildman–Crippen MR) is 168 cm³/mol. The number of hydrogen-bond donors (Lipinski definition) is 0. The lowest BCUT2D eigenvalue weighted by molar-refractivity contribution is -0.136. The number of nitrogens with zero attached hydrogens (tertiary/aromatic N) is 3. The molecule has 0 saturated heterocycles. The van der Waals surface area contributed by atoms with E-state index < -0.39 is 12.0 Å². The van der Waals surface area contributed by atoms with Gasteiger partial charge in [0.15, 0.2) is 27.8 Å². The molecular formula is C34H31N3O7S. The van der Waals surface area contributed by atoms with Crippen LogP contribution in [0.3, 0.4) is 0 Å². The summed E-state index contributed by atoms with van der Waals surface area (Å²) in [6, 6.07) is 19.2. The first-order valence-electron chi connectivity index (χ1n) is 14.2. The minimum absolute atomic E-state index is 0.216. The van der Waals surface area contributed by atoms with Gasteiger partial charge in [0.1, 0.15) is 6.61 Å². The van der Waals surface area contributed by atoms with E-state index in [2.05, 4.69) is 11.1 Å². The maximum absolute atomic E-state index is 13.9. The Balaban J connectivity index is 1.51. The second kappa shape index (κ2) is 14.0. The summed E-state index contributed by atoms with van der Waals surface area (Å²) in [5.41, 5.74) is 2.74. The van der Waals surface area contributed by atoms with Gasteiger partial charge in [-0.15, -0.1) is 0 Å². The molecule has 11 heteroatoms. The monoisotopic (exact) mass is 625 g/mol. The molecule has 1 atom stereocenters. The quantitative estimate of drug-likeness (QED) is 0.227. The highest BCUT2D eigenvalue weighted by atomic mass is 32.1. The van der Waals surface area contributed by atoms with Crippen LogP contribution >= 0.6 is 11.3 Å². The normalized spacial score (nSPS) is 14.0. The van der Waals surface area contributed by atoms with Crippen molar-refractivity contribution < 1.29 is 28.5 Å². The van der Waals surface area contributed by atoms with E-state index in [4.69, 9.17) is 28.9 Å². The number of methoxy groups -OCH3 is 2. The molecule has 0 spiro atoms. The molecule has 230 valence electrons. The van der Waals surface area contributed by atoms with Gasteiger partial charge in [-0.1, -0.05) is 35.6 Å². The molecule has 4 aromatic rings. The van der Waals surface area contributed by atoms with Crippen LogP contribution in [0.25, 0.3) is 6.08 Å². The average molecular weight is 626 g/mol. The molecule has 0 fully saturated rings. The van der Waals surface area contributed by atoms with Crippen LogP contribution in [0.5, 0.6) is 23.0 Å². The number of thiazole rings is 1. The zero-order valence-electron chi connectivity index (χ0n) is 25.2. The van der Waals surface area contributed by atoms with Crippen molar-refractivity contribution in [2.24, 2.45) is 4.99 Å². The molecular weight excluding hydrogens is 594 g/mol. The number of esters is 1.